The summed E-state index contributed by atoms with van der Waals surface area (Å²) in [6, 6.07) is 8.18. The highest BCUT2D eigenvalue weighted by Gasteiger charge is 2.31. The van der Waals surface area contributed by atoms with Crippen LogP contribution in [0.4, 0.5) is 0 Å². The zero-order chi connectivity index (χ0) is 19.5. The Morgan fingerprint density at radius 3 is 2.63 bits per heavy atom. The van der Waals surface area contributed by atoms with Gasteiger partial charge in [0.15, 0.2) is 5.96 Å². The van der Waals surface area contributed by atoms with Crippen LogP contribution >= 0.6 is 0 Å². The predicted octanol–water partition coefficient (Wildman–Crippen LogP) is 3.69. The minimum atomic E-state index is 0.170. The van der Waals surface area contributed by atoms with E-state index in [-0.39, 0.29) is 12.0 Å². The number of hydrogen-bond donors (Lipinski definition) is 3. The lowest BCUT2D eigenvalue weighted by Crippen LogP contribution is -2.40. The summed E-state index contributed by atoms with van der Waals surface area (Å²) < 4.78 is 5.49. The van der Waals surface area contributed by atoms with Gasteiger partial charge >= 0.3 is 0 Å². The quantitative estimate of drug-likeness (QED) is 0.455. The summed E-state index contributed by atoms with van der Waals surface area (Å²) in [6.07, 6.45) is 7.02. The van der Waals surface area contributed by atoms with Crippen molar-refractivity contribution in [3.63, 3.8) is 0 Å². The van der Waals surface area contributed by atoms with Crippen LogP contribution in [0, 0.1) is 5.41 Å². The third-order valence-corrected chi connectivity index (χ3v) is 5.72. The standard InChI is InChI=1S/C22H37N3O2/c1-4-23-21(25-17-22(14-15-26)12-8-5-9-13-22)24-16-18(2)19-10-6-7-11-20(19)27-3/h6-7,10-11,18,26H,4-5,8-9,12-17H2,1-3H3,(H2,23,24,25). The second kappa shape index (κ2) is 11.2. The first kappa shape index (κ1) is 21.5. The average Bonchev–Trinajstić information content (AvgIpc) is 2.70. The molecular formula is C22H37N3O2. The molecule has 1 aromatic rings. The van der Waals surface area contributed by atoms with E-state index in [0.717, 1.165) is 37.8 Å². The third kappa shape index (κ3) is 6.42. The van der Waals surface area contributed by atoms with Gasteiger partial charge < -0.3 is 20.5 Å². The summed E-state index contributed by atoms with van der Waals surface area (Å²) in [4.78, 5) is 4.89. The van der Waals surface area contributed by atoms with E-state index in [4.69, 9.17) is 9.73 Å². The Morgan fingerprint density at radius 1 is 1.22 bits per heavy atom. The number of methoxy groups -OCH3 is 1. The lowest BCUT2D eigenvalue weighted by molar-refractivity contribution is 0.137. The number of guanidine groups is 1. The smallest absolute Gasteiger partial charge is 0.191 e. The highest BCUT2D eigenvalue weighted by Crippen LogP contribution is 2.39. The Kier molecular flexibility index (Phi) is 8.92. The molecule has 0 spiro atoms. The number of aliphatic imine (C=N–C) groups is 1. The highest BCUT2D eigenvalue weighted by atomic mass is 16.5. The van der Waals surface area contributed by atoms with Crippen LogP contribution in [-0.2, 0) is 0 Å². The molecule has 1 unspecified atom stereocenters. The number of para-hydroxylation sites is 1. The van der Waals surface area contributed by atoms with E-state index >= 15 is 0 Å². The molecule has 0 aliphatic heterocycles. The number of aliphatic hydroxyl groups is 1. The van der Waals surface area contributed by atoms with Gasteiger partial charge in [-0.3, -0.25) is 4.99 Å². The van der Waals surface area contributed by atoms with Gasteiger partial charge in [-0.1, -0.05) is 44.4 Å². The van der Waals surface area contributed by atoms with Crippen LogP contribution < -0.4 is 15.4 Å². The van der Waals surface area contributed by atoms with Gasteiger partial charge in [0.2, 0.25) is 0 Å². The maximum atomic E-state index is 9.51. The zero-order valence-corrected chi connectivity index (χ0v) is 17.3. The molecule has 27 heavy (non-hydrogen) atoms. The van der Waals surface area contributed by atoms with Gasteiger partial charge in [0.05, 0.1) is 7.11 Å². The van der Waals surface area contributed by atoms with Crippen molar-refractivity contribution in [1.82, 2.24) is 10.6 Å². The first-order valence-corrected chi connectivity index (χ1v) is 10.4. The Hall–Kier alpha value is -1.75. The molecule has 0 amide bonds. The SMILES string of the molecule is CCNC(=NCC1(CCO)CCCCC1)NCC(C)c1ccccc1OC. The Labute approximate surface area is 164 Å². The molecule has 1 aromatic carbocycles. The van der Waals surface area contributed by atoms with Crippen molar-refractivity contribution in [2.45, 2.75) is 58.3 Å². The first-order valence-electron chi connectivity index (χ1n) is 10.4. The fourth-order valence-electron chi connectivity index (χ4n) is 4.05. The summed E-state index contributed by atoms with van der Waals surface area (Å²) in [5, 5.41) is 16.4. The van der Waals surface area contributed by atoms with Gasteiger partial charge in [0.1, 0.15) is 5.75 Å². The molecule has 152 valence electrons. The van der Waals surface area contributed by atoms with Gasteiger partial charge in [0, 0.05) is 32.2 Å². The third-order valence-electron chi connectivity index (χ3n) is 5.72. The van der Waals surface area contributed by atoms with Crippen LogP contribution in [0.5, 0.6) is 5.75 Å². The molecular weight excluding hydrogens is 338 g/mol. The minimum Gasteiger partial charge on any atom is -0.496 e. The van der Waals surface area contributed by atoms with Crippen molar-refractivity contribution < 1.29 is 9.84 Å². The summed E-state index contributed by atoms with van der Waals surface area (Å²) in [7, 11) is 1.72. The topological polar surface area (TPSA) is 65.9 Å². The lowest BCUT2D eigenvalue weighted by Gasteiger charge is -2.35. The van der Waals surface area contributed by atoms with Gasteiger partial charge in [-0.2, -0.15) is 0 Å². The Bertz CT molecular complexity index is 577. The Morgan fingerprint density at radius 2 is 1.96 bits per heavy atom. The normalized spacial score (nSPS) is 18.0. The zero-order valence-electron chi connectivity index (χ0n) is 17.3. The maximum Gasteiger partial charge on any atom is 0.191 e. The predicted molar refractivity (Wildman–Crippen MR) is 113 cm³/mol. The number of ether oxygens (including phenoxy) is 1. The largest absolute Gasteiger partial charge is 0.496 e. The van der Waals surface area contributed by atoms with Crippen LogP contribution in [0.25, 0.3) is 0 Å². The molecule has 3 N–H and O–H groups in total. The molecule has 1 atom stereocenters. The molecule has 0 heterocycles. The summed E-state index contributed by atoms with van der Waals surface area (Å²) >= 11 is 0. The molecule has 1 saturated carbocycles. The van der Waals surface area contributed by atoms with Crippen molar-refractivity contribution >= 4 is 5.96 Å². The van der Waals surface area contributed by atoms with Crippen LogP contribution in [0.2, 0.25) is 0 Å². The Balaban J connectivity index is 2.00. The van der Waals surface area contributed by atoms with Crippen molar-refractivity contribution in [2.24, 2.45) is 10.4 Å². The van der Waals surface area contributed by atoms with E-state index < -0.39 is 0 Å². The highest BCUT2D eigenvalue weighted by molar-refractivity contribution is 5.79. The van der Waals surface area contributed by atoms with E-state index in [2.05, 4.69) is 36.6 Å². The van der Waals surface area contributed by atoms with E-state index in [0.29, 0.717) is 5.92 Å². The minimum absolute atomic E-state index is 0.170. The molecule has 1 aliphatic rings. The van der Waals surface area contributed by atoms with Gasteiger partial charge in [0.25, 0.3) is 0 Å². The van der Waals surface area contributed by atoms with Crippen LogP contribution in [0.1, 0.15) is 63.9 Å². The second-order valence-corrected chi connectivity index (χ2v) is 7.75. The molecule has 0 radical (unpaired) electrons. The van der Waals surface area contributed by atoms with Crippen molar-refractivity contribution in [3.8, 4) is 5.75 Å². The molecule has 2 rings (SSSR count). The monoisotopic (exact) mass is 375 g/mol. The van der Waals surface area contributed by atoms with Gasteiger partial charge in [-0.05, 0) is 43.2 Å². The van der Waals surface area contributed by atoms with E-state index in [1.165, 1.54) is 37.7 Å². The van der Waals surface area contributed by atoms with Crippen LogP contribution in [-0.4, -0.2) is 44.4 Å². The maximum absolute atomic E-state index is 9.51. The van der Waals surface area contributed by atoms with Crippen LogP contribution in [0.3, 0.4) is 0 Å². The van der Waals surface area contributed by atoms with Gasteiger partial charge in [-0.25, -0.2) is 0 Å². The van der Waals surface area contributed by atoms with Crippen molar-refractivity contribution in [1.29, 1.82) is 0 Å². The summed E-state index contributed by atoms with van der Waals surface area (Å²) in [5.41, 5.74) is 1.37. The molecule has 0 saturated heterocycles. The van der Waals surface area contributed by atoms with E-state index in [1.54, 1.807) is 7.11 Å². The average molecular weight is 376 g/mol. The second-order valence-electron chi connectivity index (χ2n) is 7.75. The lowest BCUT2D eigenvalue weighted by atomic mass is 9.72. The number of hydrogen-bond acceptors (Lipinski definition) is 3. The summed E-state index contributed by atoms with van der Waals surface area (Å²) in [6.45, 7) is 6.95. The molecule has 0 aromatic heterocycles. The van der Waals surface area contributed by atoms with E-state index in [9.17, 15) is 5.11 Å². The number of benzene rings is 1. The fraction of sp³-hybridized carbons (Fsp3) is 0.682. The number of rotatable bonds is 9. The first-order chi connectivity index (χ1) is 13.1. The van der Waals surface area contributed by atoms with E-state index in [1.807, 2.05) is 12.1 Å². The number of nitrogens with zero attached hydrogens (tertiary/aromatic N) is 1. The summed E-state index contributed by atoms with van der Waals surface area (Å²) in [5.74, 6) is 2.10. The molecule has 0 bridgehead atoms. The molecule has 5 heteroatoms. The molecule has 1 fully saturated rings. The number of aliphatic hydroxyl groups excluding tert-OH is 1. The number of nitrogens with one attached hydrogen (secondary N) is 2. The van der Waals surface area contributed by atoms with Crippen molar-refractivity contribution in [3.05, 3.63) is 29.8 Å². The molecule has 1 aliphatic carbocycles. The molecule has 5 nitrogen and oxygen atoms in total. The van der Waals surface area contributed by atoms with Crippen LogP contribution in [0.15, 0.2) is 29.3 Å². The van der Waals surface area contributed by atoms with Gasteiger partial charge in [-0.15, -0.1) is 0 Å². The van der Waals surface area contributed by atoms with Crippen molar-refractivity contribution in [2.75, 3.05) is 33.4 Å². The fourth-order valence-corrected chi connectivity index (χ4v) is 4.05.